The Labute approximate surface area is 151 Å². The Kier molecular flexibility index (Phi) is 6.42. The van der Waals surface area contributed by atoms with E-state index in [9.17, 15) is 9.59 Å². The van der Waals surface area contributed by atoms with Gasteiger partial charge >= 0.3 is 5.97 Å². The van der Waals surface area contributed by atoms with Gasteiger partial charge in [0.1, 0.15) is 5.75 Å². The third-order valence-electron chi connectivity index (χ3n) is 3.60. The number of rotatable bonds is 6. The molecule has 6 heteroatoms. The average Bonchev–Trinajstić information content (AvgIpc) is 2.56. The molecule has 0 aliphatic rings. The second-order valence-corrected chi connectivity index (χ2v) is 6.10. The van der Waals surface area contributed by atoms with Crippen molar-refractivity contribution < 1.29 is 19.1 Å². The minimum absolute atomic E-state index is 0.0272. The summed E-state index contributed by atoms with van der Waals surface area (Å²) in [6, 6.07) is 10.7. The Hall–Kier alpha value is -2.53. The van der Waals surface area contributed by atoms with Crippen molar-refractivity contribution in [2.24, 2.45) is 0 Å². The first-order chi connectivity index (χ1) is 11.9. The lowest BCUT2D eigenvalue weighted by Crippen LogP contribution is -2.22. The topological polar surface area (TPSA) is 64.6 Å². The maximum Gasteiger partial charge on any atom is 0.310 e. The molecule has 2 aromatic carbocycles. The second-order valence-electron chi connectivity index (χ2n) is 5.66. The molecule has 0 fully saturated rings. The van der Waals surface area contributed by atoms with Crippen LogP contribution in [0.2, 0.25) is 5.02 Å². The van der Waals surface area contributed by atoms with E-state index in [4.69, 9.17) is 21.1 Å². The van der Waals surface area contributed by atoms with E-state index in [0.717, 1.165) is 11.1 Å². The van der Waals surface area contributed by atoms with Crippen LogP contribution in [0.3, 0.4) is 0 Å². The molecule has 0 aliphatic heterocycles. The number of aryl methyl sites for hydroxylation is 2. The van der Waals surface area contributed by atoms with Crippen LogP contribution in [-0.4, -0.2) is 25.6 Å². The van der Waals surface area contributed by atoms with Gasteiger partial charge < -0.3 is 14.8 Å². The molecule has 0 heterocycles. The fourth-order valence-corrected chi connectivity index (χ4v) is 2.57. The normalized spacial score (nSPS) is 10.2. The molecule has 1 amide bonds. The monoisotopic (exact) mass is 361 g/mol. The molecule has 0 bridgehead atoms. The van der Waals surface area contributed by atoms with E-state index in [1.807, 2.05) is 32.0 Å². The fraction of sp³-hybridized carbons (Fsp3) is 0.263. The number of hydrogen-bond acceptors (Lipinski definition) is 4. The first-order valence-electron chi connectivity index (χ1n) is 7.74. The number of amides is 1. The summed E-state index contributed by atoms with van der Waals surface area (Å²) in [5.74, 6) is -0.379. The van der Waals surface area contributed by atoms with Gasteiger partial charge in [0.25, 0.3) is 5.91 Å². The van der Waals surface area contributed by atoms with E-state index in [-0.39, 0.29) is 13.0 Å². The van der Waals surface area contributed by atoms with Crippen molar-refractivity contribution >= 4 is 29.2 Å². The van der Waals surface area contributed by atoms with Crippen molar-refractivity contribution in [2.75, 3.05) is 19.0 Å². The highest BCUT2D eigenvalue weighted by atomic mass is 35.5. The summed E-state index contributed by atoms with van der Waals surface area (Å²) in [4.78, 5) is 23.9. The van der Waals surface area contributed by atoms with Gasteiger partial charge in [0.15, 0.2) is 6.61 Å². The third kappa shape index (κ3) is 5.50. The number of ether oxygens (including phenoxy) is 2. The van der Waals surface area contributed by atoms with E-state index < -0.39 is 11.9 Å². The highest BCUT2D eigenvalue weighted by molar-refractivity contribution is 6.30. The predicted molar refractivity (Wildman–Crippen MR) is 97.2 cm³/mol. The number of carbonyl (C=O) groups is 2. The minimum atomic E-state index is -0.531. The molecule has 2 rings (SSSR count). The predicted octanol–water partition coefficient (Wildman–Crippen LogP) is 3.69. The van der Waals surface area contributed by atoms with E-state index in [2.05, 4.69) is 5.32 Å². The fourth-order valence-electron chi connectivity index (χ4n) is 2.38. The highest BCUT2D eigenvalue weighted by Gasteiger charge is 2.13. The van der Waals surface area contributed by atoms with Gasteiger partial charge in [-0.1, -0.05) is 29.3 Å². The molecule has 25 heavy (non-hydrogen) atoms. The molecule has 0 unspecified atom stereocenters. The van der Waals surface area contributed by atoms with Crippen LogP contribution in [0.25, 0.3) is 0 Å². The van der Waals surface area contributed by atoms with Gasteiger partial charge in [-0.25, -0.2) is 0 Å². The third-order valence-corrected chi connectivity index (χ3v) is 3.83. The van der Waals surface area contributed by atoms with Crippen LogP contribution < -0.4 is 10.1 Å². The molecule has 2 aromatic rings. The standard InChI is InChI=1S/C19H20ClNO4/c1-12-4-6-16(13(2)8-12)21-18(22)11-25-19(23)10-14-9-15(20)5-7-17(14)24-3/h4-9H,10-11H2,1-3H3,(H,21,22). The molecule has 132 valence electrons. The summed E-state index contributed by atoms with van der Waals surface area (Å²) in [5.41, 5.74) is 3.36. The summed E-state index contributed by atoms with van der Waals surface area (Å²) >= 11 is 5.93. The van der Waals surface area contributed by atoms with Crippen molar-refractivity contribution in [3.8, 4) is 5.75 Å². The number of benzene rings is 2. The lowest BCUT2D eigenvalue weighted by molar-refractivity contribution is -0.146. The molecule has 0 spiro atoms. The molecular weight excluding hydrogens is 342 g/mol. The highest BCUT2D eigenvalue weighted by Crippen LogP contribution is 2.23. The zero-order chi connectivity index (χ0) is 18.4. The van der Waals surface area contributed by atoms with Gasteiger partial charge in [-0.2, -0.15) is 0 Å². The molecule has 0 aromatic heterocycles. The minimum Gasteiger partial charge on any atom is -0.496 e. The maximum absolute atomic E-state index is 12.0. The lowest BCUT2D eigenvalue weighted by Gasteiger charge is -2.11. The smallest absolute Gasteiger partial charge is 0.310 e. The Balaban J connectivity index is 1.89. The quantitative estimate of drug-likeness (QED) is 0.797. The molecule has 0 saturated carbocycles. The van der Waals surface area contributed by atoms with Crippen LogP contribution in [0, 0.1) is 13.8 Å². The average molecular weight is 362 g/mol. The summed E-state index contributed by atoms with van der Waals surface area (Å²) < 4.78 is 10.2. The molecule has 5 nitrogen and oxygen atoms in total. The molecular formula is C19H20ClNO4. The molecule has 0 radical (unpaired) electrons. The van der Waals surface area contributed by atoms with Crippen molar-refractivity contribution in [1.82, 2.24) is 0 Å². The molecule has 1 N–H and O–H groups in total. The zero-order valence-corrected chi connectivity index (χ0v) is 15.1. The summed E-state index contributed by atoms with van der Waals surface area (Å²) in [6.45, 7) is 3.53. The van der Waals surface area contributed by atoms with Crippen molar-refractivity contribution in [3.63, 3.8) is 0 Å². The van der Waals surface area contributed by atoms with E-state index in [1.54, 1.807) is 18.2 Å². The number of carbonyl (C=O) groups excluding carboxylic acids is 2. The van der Waals surface area contributed by atoms with Crippen molar-refractivity contribution in [2.45, 2.75) is 20.3 Å². The summed E-state index contributed by atoms with van der Waals surface area (Å²) in [5, 5.41) is 3.22. The van der Waals surface area contributed by atoms with Gasteiger partial charge in [-0.15, -0.1) is 0 Å². The molecule has 0 atom stereocenters. The number of esters is 1. The van der Waals surface area contributed by atoms with Crippen LogP contribution in [0.15, 0.2) is 36.4 Å². The van der Waals surface area contributed by atoms with Gasteiger partial charge in [0, 0.05) is 16.3 Å². The largest absolute Gasteiger partial charge is 0.496 e. The Morgan fingerprint density at radius 1 is 1.12 bits per heavy atom. The van der Waals surface area contributed by atoms with Gasteiger partial charge in [-0.05, 0) is 43.7 Å². The Bertz CT molecular complexity index is 789. The van der Waals surface area contributed by atoms with Crippen molar-refractivity contribution in [3.05, 3.63) is 58.1 Å². The molecule has 0 saturated heterocycles. The first-order valence-corrected chi connectivity index (χ1v) is 8.12. The van der Waals surface area contributed by atoms with E-state index in [1.165, 1.54) is 7.11 Å². The SMILES string of the molecule is COc1ccc(Cl)cc1CC(=O)OCC(=O)Nc1ccc(C)cc1C. The van der Waals surface area contributed by atoms with Gasteiger partial charge in [0.05, 0.1) is 13.5 Å². The Morgan fingerprint density at radius 2 is 1.88 bits per heavy atom. The van der Waals surface area contributed by atoms with E-state index in [0.29, 0.717) is 22.0 Å². The number of methoxy groups -OCH3 is 1. The van der Waals surface area contributed by atoms with Crippen LogP contribution in [0.4, 0.5) is 5.69 Å². The Morgan fingerprint density at radius 3 is 2.56 bits per heavy atom. The maximum atomic E-state index is 12.0. The number of anilines is 1. The number of halogens is 1. The zero-order valence-electron chi connectivity index (χ0n) is 14.4. The summed E-state index contributed by atoms with van der Waals surface area (Å²) in [7, 11) is 1.51. The van der Waals surface area contributed by atoms with Crippen LogP contribution in [-0.2, 0) is 20.7 Å². The second kappa shape index (κ2) is 8.53. The molecule has 0 aliphatic carbocycles. The summed E-state index contributed by atoms with van der Waals surface area (Å²) in [6.07, 6.45) is -0.0272. The lowest BCUT2D eigenvalue weighted by atomic mass is 10.1. The first kappa shape index (κ1) is 18.8. The number of hydrogen-bond donors (Lipinski definition) is 1. The van der Waals surface area contributed by atoms with Crippen LogP contribution in [0.5, 0.6) is 5.75 Å². The number of nitrogens with one attached hydrogen (secondary N) is 1. The van der Waals surface area contributed by atoms with Crippen molar-refractivity contribution in [1.29, 1.82) is 0 Å². The van der Waals surface area contributed by atoms with Gasteiger partial charge in [0.2, 0.25) is 0 Å². The van der Waals surface area contributed by atoms with Crippen LogP contribution >= 0.6 is 11.6 Å². The van der Waals surface area contributed by atoms with Gasteiger partial charge in [-0.3, -0.25) is 9.59 Å². The van der Waals surface area contributed by atoms with Crippen LogP contribution in [0.1, 0.15) is 16.7 Å². The van der Waals surface area contributed by atoms with E-state index >= 15 is 0 Å².